The molecule has 24 heavy (non-hydrogen) atoms. The molecule has 0 saturated carbocycles. The van der Waals surface area contributed by atoms with Gasteiger partial charge in [-0.1, -0.05) is 36.4 Å². The van der Waals surface area contributed by atoms with Gasteiger partial charge in [0.25, 0.3) is 0 Å². The number of nitrogens with two attached hydrogens (primary N) is 1. The van der Waals surface area contributed by atoms with Gasteiger partial charge in [0.1, 0.15) is 5.54 Å². The fourth-order valence-corrected chi connectivity index (χ4v) is 4.48. The van der Waals surface area contributed by atoms with E-state index in [1.165, 1.54) is 12.5 Å². The molecule has 0 unspecified atom stereocenters. The van der Waals surface area contributed by atoms with Gasteiger partial charge < -0.3 is 5.73 Å². The van der Waals surface area contributed by atoms with E-state index in [2.05, 4.69) is 4.72 Å². The molecule has 2 aromatic rings. The van der Waals surface area contributed by atoms with Gasteiger partial charge >= 0.3 is 0 Å². The van der Waals surface area contributed by atoms with Crippen LogP contribution < -0.4 is 10.5 Å². The number of fused-ring (bicyclic) bond motifs is 1. The Bertz CT molecular complexity index is 878. The minimum atomic E-state index is -3.88. The summed E-state index contributed by atoms with van der Waals surface area (Å²) in [5, 5.41) is 0. The minimum absolute atomic E-state index is 0.159. The van der Waals surface area contributed by atoms with Gasteiger partial charge in [-0.15, -0.1) is 0 Å². The van der Waals surface area contributed by atoms with Crippen molar-refractivity contribution < 1.29 is 13.2 Å². The quantitative estimate of drug-likeness (QED) is 0.867. The summed E-state index contributed by atoms with van der Waals surface area (Å²) in [4.78, 5) is 12.2. The van der Waals surface area contributed by atoms with Gasteiger partial charge in [-0.05, 0) is 55.0 Å². The summed E-state index contributed by atoms with van der Waals surface area (Å²) in [6.07, 6.45) is 2.89. The second-order valence-corrected chi connectivity index (χ2v) is 7.93. The van der Waals surface area contributed by atoms with Gasteiger partial charge in [0.05, 0.1) is 4.90 Å². The van der Waals surface area contributed by atoms with Gasteiger partial charge in [0.2, 0.25) is 15.9 Å². The molecule has 1 aliphatic carbocycles. The average Bonchev–Trinajstić information content (AvgIpc) is 3.02. The van der Waals surface area contributed by atoms with Crippen molar-refractivity contribution in [2.24, 2.45) is 5.73 Å². The van der Waals surface area contributed by atoms with Crippen molar-refractivity contribution in [2.75, 3.05) is 0 Å². The highest BCUT2D eigenvalue weighted by Gasteiger charge is 2.38. The second-order valence-electron chi connectivity index (χ2n) is 6.24. The number of amides is 1. The highest BCUT2D eigenvalue weighted by molar-refractivity contribution is 7.89. The molecule has 0 fully saturated rings. The van der Waals surface area contributed by atoms with Crippen LogP contribution in [0, 0.1) is 0 Å². The van der Waals surface area contributed by atoms with Gasteiger partial charge in [0.15, 0.2) is 0 Å². The van der Waals surface area contributed by atoms with Crippen LogP contribution in [0.4, 0.5) is 0 Å². The Kier molecular flexibility index (Phi) is 4.19. The van der Waals surface area contributed by atoms with E-state index in [4.69, 9.17) is 5.73 Å². The second kappa shape index (κ2) is 6.03. The smallest absolute Gasteiger partial charge is 0.243 e. The number of aryl methyl sites for hydroxylation is 2. The lowest BCUT2D eigenvalue weighted by molar-refractivity contribution is -0.123. The first-order valence-corrected chi connectivity index (χ1v) is 9.32. The Morgan fingerprint density at radius 3 is 2.42 bits per heavy atom. The van der Waals surface area contributed by atoms with Crippen LogP contribution in [0.3, 0.4) is 0 Å². The monoisotopic (exact) mass is 344 g/mol. The van der Waals surface area contributed by atoms with Gasteiger partial charge in [-0.3, -0.25) is 4.79 Å². The van der Waals surface area contributed by atoms with Gasteiger partial charge in [-0.25, -0.2) is 8.42 Å². The summed E-state index contributed by atoms with van der Waals surface area (Å²) in [6, 6.07) is 13.7. The van der Waals surface area contributed by atoms with E-state index in [1.807, 2.05) is 6.07 Å². The maximum atomic E-state index is 12.8. The molecule has 0 heterocycles. The van der Waals surface area contributed by atoms with E-state index in [0.717, 1.165) is 24.8 Å². The Morgan fingerprint density at radius 2 is 1.75 bits per heavy atom. The number of carbonyl (C=O) groups excluding carboxylic acids is 1. The van der Waals surface area contributed by atoms with Crippen LogP contribution in [-0.2, 0) is 33.2 Å². The predicted octanol–water partition coefficient (Wildman–Crippen LogP) is 1.85. The van der Waals surface area contributed by atoms with Crippen LogP contribution in [0.2, 0.25) is 0 Å². The summed E-state index contributed by atoms with van der Waals surface area (Å²) in [7, 11) is -3.88. The van der Waals surface area contributed by atoms with Crippen molar-refractivity contribution in [2.45, 2.75) is 36.6 Å². The third-order valence-electron chi connectivity index (χ3n) is 4.56. The number of hydrogen-bond acceptors (Lipinski definition) is 3. The molecule has 0 spiro atoms. The molecule has 0 aromatic heterocycles. The molecule has 2 aromatic carbocycles. The molecule has 1 atom stereocenters. The van der Waals surface area contributed by atoms with Crippen LogP contribution in [0.15, 0.2) is 53.4 Å². The lowest BCUT2D eigenvalue weighted by Crippen LogP contribution is -2.52. The summed E-state index contributed by atoms with van der Waals surface area (Å²) >= 11 is 0. The highest BCUT2D eigenvalue weighted by Crippen LogP contribution is 2.27. The molecule has 126 valence electrons. The number of rotatable bonds is 5. The Labute approximate surface area is 141 Å². The molecule has 0 radical (unpaired) electrons. The van der Waals surface area contributed by atoms with E-state index in [-0.39, 0.29) is 4.90 Å². The Balaban J connectivity index is 1.99. The van der Waals surface area contributed by atoms with E-state index >= 15 is 0 Å². The van der Waals surface area contributed by atoms with E-state index < -0.39 is 21.5 Å². The number of hydrogen-bond donors (Lipinski definition) is 2. The van der Waals surface area contributed by atoms with E-state index in [9.17, 15) is 13.2 Å². The Hall–Kier alpha value is -2.18. The molecule has 0 bridgehead atoms. The fourth-order valence-electron chi connectivity index (χ4n) is 3.07. The number of benzene rings is 2. The zero-order chi connectivity index (χ0) is 17.4. The molecule has 6 heteroatoms. The van der Waals surface area contributed by atoms with Gasteiger partial charge in [-0.2, -0.15) is 4.72 Å². The van der Waals surface area contributed by atoms with Crippen molar-refractivity contribution in [1.82, 2.24) is 4.72 Å². The molecule has 0 aliphatic heterocycles. The summed E-state index contributed by atoms with van der Waals surface area (Å²) in [5.41, 5.74) is 6.74. The van der Waals surface area contributed by atoms with Crippen LogP contribution in [0.1, 0.15) is 30.0 Å². The van der Waals surface area contributed by atoms with Crippen LogP contribution in [0.25, 0.3) is 0 Å². The van der Waals surface area contributed by atoms with Gasteiger partial charge in [0, 0.05) is 0 Å². The number of primary amides is 1. The van der Waals surface area contributed by atoms with Crippen molar-refractivity contribution in [1.29, 1.82) is 0 Å². The SMILES string of the molecule is C[C@](NS(=O)(=O)c1ccc2c(c1)CCC2)(C(N)=O)c1ccccc1. The van der Waals surface area contributed by atoms with Crippen molar-refractivity contribution >= 4 is 15.9 Å². The standard InChI is InChI=1S/C18H20N2O3S/c1-18(17(19)21,15-8-3-2-4-9-15)20-24(22,23)16-11-10-13-6-5-7-14(13)12-16/h2-4,8-12,20H,5-7H2,1H3,(H2,19,21)/t18-/m1/s1. The normalized spacial score (nSPS) is 16.4. The minimum Gasteiger partial charge on any atom is -0.368 e. The molecular formula is C18H20N2O3S. The zero-order valence-corrected chi connectivity index (χ0v) is 14.3. The summed E-state index contributed by atoms with van der Waals surface area (Å²) in [5.74, 6) is -0.751. The highest BCUT2D eigenvalue weighted by atomic mass is 32.2. The first-order chi connectivity index (χ1) is 11.3. The maximum absolute atomic E-state index is 12.8. The third-order valence-corrected chi connectivity index (χ3v) is 6.11. The molecular weight excluding hydrogens is 324 g/mol. The van der Waals surface area contributed by atoms with Crippen molar-refractivity contribution in [3.05, 3.63) is 65.2 Å². The van der Waals surface area contributed by atoms with Crippen molar-refractivity contribution in [3.63, 3.8) is 0 Å². The fraction of sp³-hybridized carbons (Fsp3) is 0.278. The topological polar surface area (TPSA) is 89.3 Å². The number of sulfonamides is 1. The molecule has 1 aliphatic rings. The van der Waals surface area contributed by atoms with Crippen LogP contribution >= 0.6 is 0 Å². The predicted molar refractivity (Wildman–Crippen MR) is 91.8 cm³/mol. The summed E-state index contributed by atoms with van der Waals surface area (Å²) in [6.45, 7) is 1.48. The lowest BCUT2D eigenvalue weighted by atomic mass is 9.93. The maximum Gasteiger partial charge on any atom is 0.243 e. The zero-order valence-electron chi connectivity index (χ0n) is 13.5. The number of carbonyl (C=O) groups is 1. The summed E-state index contributed by atoms with van der Waals surface area (Å²) < 4.78 is 28.1. The molecule has 3 N–H and O–H groups in total. The molecule has 1 amide bonds. The van der Waals surface area contributed by atoms with E-state index in [1.54, 1.807) is 42.5 Å². The first kappa shape index (κ1) is 16.7. The molecule has 5 nitrogen and oxygen atoms in total. The lowest BCUT2D eigenvalue weighted by Gasteiger charge is -2.27. The largest absolute Gasteiger partial charge is 0.368 e. The third kappa shape index (κ3) is 2.95. The van der Waals surface area contributed by atoms with Crippen molar-refractivity contribution in [3.8, 4) is 0 Å². The van der Waals surface area contributed by atoms with Crippen LogP contribution in [0.5, 0.6) is 0 Å². The first-order valence-electron chi connectivity index (χ1n) is 7.84. The number of nitrogens with one attached hydrogen (secondary N) is 1. The van der Waals surface area contributed by atoms with Crippen LogP contribution in [-0.4, -0.2) is 14.3 Å². The average molecular weight is 344 g/mol. The molecule has 3 rings (SSSR count). The van der Waals surface area contributed by atoms with E-state index in [0.29, 0.717) is 5.56 Å². The molecule has 0 saturated heterocycles. The Morgan fingerprint density at radius 1 is 1.08 bits per heavy atom.